The number of aliphatic hydroxyl groups is 1. The van der Waals surface area contributed by atoms with Crippen LogP contribution in [0.15, 0.2) is 66.7 Å². The molecule has 0 aliphatic heterocycles. The fourth-order valence-corrected chi connectivity index (χ4v) is 3.52. The molecule has 0 saturated carbocycles. The number of aliphatic hydroxyl groups excluding tert-OH is 1. The standard InChI is InChI=1S/C25H22FN3O3/c1-32-24-19(25(31)27-22(15-30)17-5-3-2-4-6-17)12-14-21-23(24)20(28-29-21)13-9-16-7-10-18(26)11-8-16/h2-14,22,30H,15H2,1H3,(H,27,31)(H,28,29)/t22-/m0/s1. The highest BCUT2D eigenvalue weighted by atomic mass is 19.1. The summed E-state index contributed by atoms with van der Waals surface area (Å²) in [5.41, 5.74) is 3.23. The number of carbonyl (C=O) groups excluding carboxylic acids is 1. The molecule has 7 heteroatoms. The van der Waals surface area contributed by atoms with Crippen LogP contribution in [0.1, 0.15) is 33.2 Å². The zero-order valence-electron chi connectivity index (χ0n) is 17.4. The Kier molecular flexibility index (Phi) is 6.28. The lowest BCUT2D eigenvalue weighted by molar-refractivity contribution is 0.0913. The normalized spacial score (nSPS) is 12.2. The predicted molar refractivity (Wildman–Crippen MR) is 122 cm³/mol. The van der Waals surface area contributed by atoms with Crippen LogP contribution < -0.4 is 10.1 Å². The van der Waals surface area contributed by atoms with Gasteiger partial charge in [-0.25, -0.2) is 4.39 Å². The molecule has 0 spiro atoms. The summed E-state index contributed by atoms with van der Waals surface area (Å²) in [6.45, 7) is -0.238. The Morgan fingerprint density at radius 3 is 2.56 bits per heavy atom. The van der Waals surface area contributed by atoms with Gasteiger partial charge in [0, 0.05) is 0 Å². The first kappa shape index (κ1) is 21.3. The summed E-state index contributed by atoms with van der Waals surface area (Å²) < 4.78 is 18.7. The van der Waals surface area contributed by atoms with Crippen LogP contribution in [0.3, 0.4) is 0 Å². The number of hydrogen-bond donors (Lipinski definition) is 3. The molecular formula is C25H22FN3O3. The summed E-state index contributed by atoms with van der Waals surface area (Å²) >= 11 is 0. The number of fused-ring (bicyclic) bond motifs is 1. The second kappa shape index (κ2) is 9.45. The van der Waals surface area contributed by atoms with Gasteiger partial charge in [0.2, 0.25) is 0 Å². The van der Waals surface area contributed by atoms with Gasteiger partial charge in [-0.05, 0) is 41.5 Å². The number of aromatic amines is 1. The second-order valence-corrected chi connectivity index (χ2v) is 7.18. The Bertz CT molecular complexity index is 1250. The van der Waals surface area contributed by atoms with Gasteiger partial charge in [0.15, 0.2) is 0 Å². The number of nitrogens with zero attached hydrogens (tertiary/aromatic N) is 1. The molecule has 4 aromatic rings. The summed E-state index contributed by atoms with van der Waals surface area (Å²) in [6, 6.07) is 18.2. The van der Waals surface area contributed by atoms with Gasteiger partial charge in [0.1, 0.15) is 11.6 Å². The van der Waals surface area contributed by atoms with Crippen molar-refractivity contribution in [3.8, 4) is 5.75 Å². The SMILES string of the molecule is COc1c(C(=O)N[C@@H](CO)c2ccccc2)ccc2n[nH]c(C=Cc3ccc(F)cc3)c12. The highest BCUT2D eigenvalue weighted by Gasteiger charge is 2.21. The number of amides is 1. The van der Waals surface area contributed by atoms with E-state index in [1.807, 2.05) is 36.4 Å². The number of H-pyrrole nitrogens is 1. The molecule has 1 heterocycles. The molecule has 1 amide bonds. The molecule has 0 radical (unpaired) electrons. The first-order valence-corrected chi connectivity index (χ1v) is 10.1. The van der Waals surface area contributed by atoms with Crippen LogP contribution in [0.25, 0.3) is 23.1 Å². The van der Waals surface area contributed by atoms with E-state index in [0.717, 1.165) is 11.1 Å². The molecule has 4 rings (SSSR count). The molecule has 0 aliphatic carbocycles. The average molecular weight is 431 g/mol. The molecule has 32 heavy (non-hydrogen) atoms. The summed E-state index contributed by atoms with van der Waals surface area (Å²) in [5, 5.41) is 20.5. The summed E-state index contributed by atoms with van der Waals surface area (Å²) in [5.74, 6) is -0.304. The molecular weight excluding hydrogens is 409 g/mol. The molecule has 3 N–H and O–H groups in total. The fourth-order valence-electron chi connectivity index (χ4n) is 3.52. The molecule has 0 unspecified atom stereocenters. The van der Waals surface area contributed by atoms with Crippen molar-refractivity contribution in [2.45, 2.75) is 6.04 Å². The molecule has 0 bridgehead atoms. The van der Waals surface area contributed by atoms with Crippen LogP contribution in [0.2, 0.25) is 0 Å². The lowest BCUT2D eigenvalue weighted by atomic mass is 10.0. The zero-order valence-corrected chi connectivity index (χ0v) is 17.4. The van der Waals surface area contributed by atoms with E-state index in [4.69, 9.17) is 4.74 Å². The number of halogens is 1. The second-order valence-electron chi connectivity index (χ2n) is 7.18. The van der Waals surface area contributed by atoms with E-state index in [1.54, 1.807) is 30.3 Å². The maximum absolute atomic E-state index is 13.1. The molecule has 1 atom stereocenters. The van der Waals surface area contributed by atoms with Gasteiger partial charge in [-0.3, -0.25) is 9.89 Å². The Labute approximate surface area is 184 Å². The third-order valence-corrected chi connectivity index (χ3v) is 5.15. The molecule has 0 saturated heterocycles. The Balaban J connectivity index is 1.67. The van der Waals surface area contributed by atoms with Gasteiger partial charge >= 0.3 is 0 Å². The van der Waals surface area contributed by atoms with E-state index in [0.29, 0.717) is 27.9 Å². The van der Waals surface area contributed by atoms with Crippen molar-refractivity contribution in [3.63, 3.8) is 0 Å². The Morgan fingerprint density at radius 2 is 1.88 bits per heavy atom. The van der Waals surface area contributed by atoms with E-state index >= 15 is 0 Å². The molecule has 3 aromatic carbocycles. The van der Waals surface area contributed by atoms with E-state index in [2.05, 4.69) is 15.5 Å². The van der Waals surface area contributed by atoms with Crippen LogP contribution in [0, 0.1) is 5.82 Å². The number of nitrogens with one attached hydrogen (secondary N) is 2. The third-order valence-electron chi connectivity index (χ3n) is 5.15. The van der Waals surface area contributed by atoms with E-state index in [1.165, 1.54) is 19.2 Å². The van der Waals surface area contributed by atoms with Crippen molar-refractivity contribution < 1.29 is 19.0 Å². The summed E-state index contributed by atoms with van der Waals surface area (Å²) in [6.07, 6.45) is 3.61. The van der Waals surface area contributed by atoms with Crippen molar-refractivity contribution in [1.82, 2.24) is 15.5 Å². The van der Waals surface area contributed by atoms with Crippen LogP contribution in [0.5, 0.6) is 5.75 Å². The first-order chi connectivity index (χ1) is 15.6. The monoisotopic (exact) mass is 431 g/mol. The topological polar surface area (TPSA) is 87.2 Å². The lowest BCUT2D eigenvalue weighted by Gasteiger charge is -2.18. The number of ether oxygens (including phenoxy) is 1. The quantitative estimate of drug-likeness (QED) is 0.406. The number of benzene rings is 3. The van der Waals surface area contributed by atoms with Crippen molar-refractivity contribution >= 4 is 29.0 Å². The highest BCUT2D eigenvalue weighted by Crippen LogP contribution is 2.32. The van der Waals surface area contributed by atoms with Crippen molar-refractivity contribution in [1.29, 1.82) is 0 Å². The van der Waals surface area contributed by atoms with E-state index < -0.39 is 6.04 Å². The minimum atomic E-state index is -0.550. The van der Waals surface area contributed by atoms with Crippen LogP contribution >= 0.6 is 0 Å². The smallest absolute Gasteiger partial charge is 0.255 e. The number of aromatic nitrogens is 2. The maximum atomic E-state index is 13.1. The number of rotatable bonds is 7. The Morgan fingerprint density at radius 1 is 1.12 bits per heavy atom. The fraction of sp³-hybridized carbons (Fsp3) is 0.120. The van der Waals surface area contributed by atoms with Crippen LogP contribution in [0.4, 0.5) is 4.39 Å². The lowest BCUT2D eigenvalue weighted by Crippen LogP contribution is -2.31. The van der Waals surface area contributed by atoms with Crippen molar-refractivity contribution in [2.75, 3.05) is 13.7 Å². The third kappa shape index (κ3) is 4.38. The van der Waals surface area contributed by atoms with E-state index in [-0.39, 0.29) is 18.3 Å². The highest BCUT2D eigenvalue weighted by molar-refractivity contribution is 6.05. The largest absolute Gasteiger partial charge is 0.495 e. The molecule has 162 valence electrons. The summed E-state index contributed by atoms with van der Waals surface area (Å²) in [4.78, 5) is 13.1. The maximum Gasteiger partial charge on any atom is 0.255 e. The van der Waals surface area contributed by atoms with Crippen LogP contribution in [-0.4, -0.2) is 34.9 Å². The number of hydrogen-bond acceptors (Lipinski definition) is 4. The first-order valence-electron chi connectivity index (χ1n) is 10.1. The van der Waals surface area contributed by atoms with Crippen molar-refractivity contribution in [2.24, 2.45) is 0 Å². The molecule has 6 nitrogen and oxygen atoms in total. The Hall–Kier alpha value is -3.97. The molecule has 0 fully saturated rings. The van der Waals surface area contributed by atoms with Crippen molar-refractivity contribution in [3.05, 3.63) is 94.9 Å². The number of methoxy groups -OCH3 is 1. The van der Waals surface area contributed by atoms with Gasteiger partial charge in [-0.2, -0.15) is 5.10 Å². The average Bonchev–Trinajstić information content (AvgIpc) is 3.25. The molecule has 0 aliphatic rings. The van der Waals surface area contributed by atoms with Gasteiger partial charge in [0.05, 0.1) is 41.9 Å². The molecule has 1 aromatic heterocycles. The summed E-state index contributed by atoms with van der Waals surface area (Å²) in [7, 11) is 1.49. The zero-order chi connectivity index (χ0) is 22.5. The van der Waals surface area contributed by atoms with E-state index in [9.17, 15) is 14.3 Å². The van der Waals surface area contributed by atoms with Gasteiger partial charge < -0.3 is 15.2 Å². The number of carbonyl (C=O) groups is 1. The van der Waals surface area contributed by atoms with Gasteiger partial charge in [-0.15, -0.1) is 0 Å². The minimum Gasteiger partial charge on any atom is -0.495 e. The minimum absolute atomic E-state index is 0.238. The predicted octanol–water partition coefficient (Wildman–Crippen LogP) is 4.34. The van der Waals surface area contributed by atoms with Gasteiger partial charge in [0.25, 0.3) is 5.91 Å². The van der Waals surface area contributed by atoms with Gasteiger partial charge in [-0.1, -0.05) is 48.5 Å². The van der Waals surface area contributed by atoms with Crippen LogP contribution in [-0.2, 0) is 0 Å².